The van der Waals surface area contributed by atoms with Crippen molar-refractivity contribution in [1.29, 1.82) is 0 Å². The highest BCUT2D eigenvalue weighted by Gasteiger charge is 2.07. The maximum atomic E-state index is 5.63. The Bertz CT molecular complexity index is 499. The van der Waals surface area contributed by atoms with E-state index in [0.717, 1.165) is 12.8 Å². The standard InChI is InChI=1S/C12H18N6O/c1-2-3-4-5-9-19-12-16-10(13)15-11(17-12)18-8-6-7-14-18/h6-8H,2-5,9H2,1H3,(H2,13,15,16,17). The summed E-state index contributed by atoms with van der Waals surface area (Å²) in [5, 5.41) is 4.04. The lowest BCUT2D eigenvalue weighted by molar-refractivity contribution is 0.281. The molecule has 0 amide bonds. The molecule has 7 nitrogen and oxygen atoms in total. The predicted octanol–water partition coefficient (Wildman–Crippen LogP) is 1.60. The third kappa shape index (κ3) is 3.90. The Labute approximate surface area is 111 Å². The first-order valence-electron chi connectivity index (χ1n) is 6.44. The van der Waals surface area contributed by atoms with Crippen LogP contribution in [0, 0.1) is 0 Å². The van der Waals surface area contributed by atoms with E-state index in [1.54, 1.807) is 18.5 Å². The molecule has 2 aromatic heterocycles. The van der Waals surface area contributed by atoms with Gasteiger partial charge in [0.15, 0.2) is 0 Å². The van der Waals surface area contributed by atoms with Gasteiger partial charge >= 0.3 is 6.01 Å². The topological polar surface area (TPSA) is 91.7 Å². The summed E-state index contributed by atoms with van der Waals surface area (Å²) in [4.78, 5) is 12.1. The molecule has 0 saturated heterocycles. The lowest BCUT2D eigenvalue weighted by atomic mass is 10.2. The third-order valence-corrected chi connectivity index (χ3v) is 2.56. The molecule has 2 aromatic rings. The molecular weight excluding hydrogens is 244 g/mol. The van der Waals surface area contributed by atoms with Crippen LogP contribution in [-0.2, 0) is 0 Å². The average molecular weight is 262 g/mol. The van der Waals surface area contributed by atoms with Gasteiger partial charge in [-0.15, -0.1) is 0 Å². The van der Waals surface area contributed by atoms with Crippen LogP contribution >= 0.6 is 0 Å². The second-order valence-electron chi connectivity index (χ2n) is 4.14. The molecule has 0 unspecified atom stereocenters. The molecule has 0 aliphatic carbocycles. The van der Waals surface area contributed by atoms with Crippen LogP contribution in [-0.4, -0.2) is 31.3 Å². The Balaban J connectivity index is 1.97. The maximum Gasteiger partial charge on any atom is 0.323 e. The van der Waals surface area contributed by atoms with Gasteiger partial charge in [0.2, 0.25) is 5.95 Å². The first kappa shape index (κ1) is 13.3. The number of unbranched alkanes of at least 4 members (excludes halogenated alkanes) is 3. The molecule has 0 radical (unpaired) electrons. The second-order valence-corrected chi connectivity index (χ2v) is 4.14. The number of nitrogens with two attached hydrogens (primary N) is 1. The van der Waals surface area contributed by atoms with Gasteiger partial charge in [0, 0.05) is 12.4 Å². The fraction of sp³-hybridized carbons (Fsp3) is 0.500. The summed E-state index contributed by atoms with van der Waals surface area (Å²) in [5.41, 5.74) is 5.63. The van der Waals surface area contributed by atoms with Gasteiger partial charge in [0.1, 0.15) is 0 Å². The van der Waals surface area contributed by atoms with E-state index >= 15 is 0 Å². The summed E-state index contributed by atoms with van der Waals surface area (Å²) in [6, 6.07) is 2.03. The maximum absolute atomic E-state index is 5.63. The second kappa shape index (κ2) is 6.67. The van der Waals surface area contributed by atoms with Crippen LogP contribution in [0.1, 0.15) is 32.6 Å². The summed E-state index contributed by atoms with van der Waals surface area (Å²) >= 11 is 0. The highest BCUT2D eigenvalue weighted by molar-refractivity contribution is 5.24. The Morgan fingerprint density at radius 3 is 2.84 bits per heavy atom. The Hall–Kier alpha value is -2.18. The molecule has 7 heteroatoms. The molecule has 0 aromatic carbocycles. The summed E-state index contributed by atoms with van der Waals surface area (Å²) < 4.78 is 7.00. The van der Waals surface area contributed by atoms with E-state index in [2.05, 4.69) is 27.0 Å². The van der Waals surface area contributed by atoms with E-state index in [-0.39, 0.29) is 12.0 Å². The van der Waals surface area contributed by atoms with Crippen molar-refractivity contribution < 1.29 is 4.74 Å². The molecule has 0 atom stereocenters. The SMILES string of the molecule is CCCCCCOc1nc(N)nc(-n2cccn2)n1. The smallest absolute Gasteiger partial charge is 0.323 e. The van der Waals surface area contributed by atoms with Crippen molar-refractivity contribution in [3.8, 4) is 12.0 Å². The molecule has 0 bridgehead atoms. The number of anilines is 1. The van der Waals surface area contributed by atoms with Crippen molar-refractivity contribution in [3.05, 3.63) is 18.5 Å². The summed E-state index contributed by atoms with van der Waals surface area (Å²) in [6.07, 6.45) is 7.91. The van der Waals surface area contributed by atoms with Crippen LogP contribution in [0.3, 0.4) is 0 Å². The number of rotatable bonds is 7. The fourth-order valence-electron chi connectivity index (χ4n) is 1.61. The molecule has 2 rings (SSSR count). The van der Waals surface area contributed by atoms with E-state index in [0.29, 0.717) is 12.6 Å². The van der Waals surface area contributed by atoms with E-state index in [1.165, 1.54) is 17.5 Å². The largest absolute Gasteiger partial charge is 0.463 e. The van der Waals surface area contributed by atoms with Crippen LogP contribution in [0.2, 0.25) is 0 Å². The fourth-order valence-corrected chi connectivity index (χ4v) is 1.61. The number of hydrogen-bond donors (Lipinski definition) is 1. The lowest BCUT2D eigenvalue weighted by Gasteiger charge is -2.06. The van der Waals surface area contributed by atoms with Gasteiger partial charge in [-0.05, 0) is 12.5 Å². The number of hydrogen-bond acceptors (Lipinski definition) is 6. The van der Waals surface area contributed by atoms with Crippen molar-refractivity contribution in [1.82, 2.24) is 24.7 Å². The average Bonchev–Trinajstić information content (AvgIpc) is 2.92. The van der Waals surface area contributed by atoms with Crippen molar-refractivity contribution >= 4 is 5.95 Å². The zero-order valence-corrected chi connectivity index (χ0v) is 11.0. The molecule has 2 heterocycles. The van der Waals surface area contributed by atoms with Gasteiger partial charge in [-0.1, -0.05) is 26.2 Å². The molecule has 0 fully saturated rings. The van der Waals surface area contributed by atoms with E-state index in [1.807, 2.05) is 0 Å². The number of nitrogens with zero attached hydrogens (tertiary/aromatic N) is 5. The van der Waals surface area contributed by atoms with Gasteiger partial charge in [-0.3, -0.25) is 0 Å². The van der Waals surface area contributed by atoms with Crippen molar-refractivity contribution in [2.45, 2.75) is 32.6 Å². The highest BCUT2D eigenvalue weighted by Crippen LogP contribution is 2.09. The molecule has 0 aliphatic rings. The third-order valence-electron chi connectivity index (χ3n) is 2.56. The van der Waals surface area contributed by atoms with Crippen LogP contribution in [0.25, 0.3) is 5.95 Å². The normalized spacial score (nSPS) is 10.6. The van der Waals surface area contributed by atoms with Crippen LogP contribution < -0.4 is 10.5 Å². The number of aromatic nitrogens is 5. The lowest BCUT2D eigenvalue weighted by Crippen LogP contribution is -2.10. The van der Waals surface area contributed by atoms with Crippen LogP contribution in [0.4, 0.5) is 5.95 Å². The molecule has 0 spiro atoms. The van der Waals surface area contributed by atoms with Crippen LogP contribution in [0.15, 0.2) is 18.5 Å². The zero-order valence-electron chi connectivity index (χ0n) is 11.0. The molecule has 19 heavy (non-hydrogen) atoms. The quantitative estimate of drug-likeness (QED) is 0.762. The summed E-state index contributed by atoms with van der Waals surface area (Å²) in [7, 11) is 0. The summed E-state index contributed by atoms with van der Waals surface area (Å²) in [6.45, 7) is 2.76. The molecule has 102 valence electrons. The van der Waals surface area contributed by atoms with Gasteiger partial charge in [0.25, 0.3) is 5.95 Å². The number of ether oxygens (including phenoxy) is 1. The van der Waals surface area contributed by atoms with Crippen molar-refractivity contribution in [3.63, 3.8) is 0 Å². The minimum atomic E-state index is 0.129. The Morgan fingerprint density at radius 1 is 1.21 bits per heavy atom. The van der Waals surface area contributed by atoms with E-state index < -0.39 is 0 Å². The van der Waals surface area contributed by atoms with Gasteiger partial charge in [-0.2, -0.15) is 20.1 Å². The summed E-state index contributed by atoms with van der Waals surface area (Å²) in [5.74, 6) is 0.491. The highest BCUT2D eigenvalue weighted by atomic mass is 16.5. The van der Waals surface area contributed by atoms with Crippen molar-refractivity contribution in [2.75, 3.05) is 12.3 Å². The van der Waals surface area contributed by atoms with E-state index in [4.69, 9.17) is 10.5 Å². The van der Waals surface area contributed by atoms with Gasteiger partial charge < -0.3 is 10.5 Å². The first-order valence-corrected chi connectivity index (χ1v) is 6.44. The van der Waals surface area contributed by atoms with Crippen LogP contribution in [0.5, 0.6) is 6.01 Å². The zero-order chi connectivity index (χ0) is 13.5. The van der Waals surface area contributed by atoms with Crippen molar-refractivity contribution in [2.24, 2.45) is 0 Å². The molecular formula is C12H18N6O. The first-order chi connectivity index (χ1) is 9.29. The minimum absolute atomic E-state index is 0.129. The minimum Gasteiger partial charge on any atom is -0.463 e. The Morgan fingerprint density at radius 2 is 2.11 bits per heavy atom. The number of nitrogen functional groups attached to an aromatic ring is 1. The monoisotopic (exact) mass is 262 g/mol. The Kier molecular flexibility index (Phi) is 4.66. The predicted molar refractivity (Wildman–Crippen MR) is 71.0 cm³/mol. The van der Waals surface area contributed by atoms with Gasteiger partial charge in [-0.25, -0.2) is 4.68 Å². The molecule has 0 saturated carbocycles. The van der Waals surface area contributed by atoms with Gasteiger partial charge in [0.05, 0.1) is 6.61 Å². The molecule has 0 aliphatic heterocycles. The van der Waals surface area contributed by atoms with E-state index in [9.17, 15) is 0 Å². The molecule has 2 N–H and O–H groups in total.